The molecule has 2 N–H and O–H groups in total. The van der Waals surface area contributed by atoms with E-state index in [1.807, 2.05) is 26.0 Å². The van der Waals surface area contributed by atoms with Crippen LogP contribution < -0.4 is 10.2 Å². The summed E-state index contributed by atoms with van der Waals surface area (Å²) in [6.45, 7) is 7.46. The van der Waals surface area contributed by atoms with Crippen molar-refractivity contribution in [3.05, 3.63) is 88.5 Å². The van der Waals surface area contributed by atoms with Crippen molar-refractivity contribution in [2.24, 2.45) is 5.92 Å². The van der Waals surface area contributed by atoms with Crippen molar-refractivity contribution in [3.8, 4) is 0 Å². The van der Waals surface area contributed by atoms with E-state index in [0.29, 0.717) is 63.8 Å². The van der Waals surface area contributed by atoms with Crippen LogP contribution in [0.5, 0.6) is 0 Å². The van der Waals surface area contributed by atoms with Crippen molar-refractivity contribution in [1.82, 2.24) is 25.1 Å². The van der Waals surface area contributed by atoms with Crippen molar-refractivity contribution in [2.45, 2.75) is 88.9 Å². The van der Waals surface area contributed by atoms with E-state index in [4.69, 9.17) is 0 Å². The highest BCUT2D eigenvalue weighted by molar-refractivity contribution is 6.05. The number of benzene rings is 2. The van der Waals surface area contributed by atoms with Crippen LogP contribution in [0.4, 0.5) is 14.5 Å². The van der Waals surface area contributed by atoms with Gasteiger partial charge in [-0.25, -0.2) is 9.97 Å². The van der Waals surface area contributed by atoms with E-state index in [0.717, 1.165) is 34.5 Å². The minimum absolute atomic E-state index is 0.187. The summed E-state index contributed by atoms with van der Waals surface area (Å²) in [6, 6.07) is 13.1. The summed E-state index contributed by atoms with van der Waals surface area (Å²) < 4.78 is 30.6. The number of rotatable bonds is 8. The van der Waals surface area contributed by atoms with Gasteiger partial charge in [-0.15, -0.1) is 0 Å². The SMILES string of the molecule is CC(C)c1cnc(C(F)(F)C2CCN(c3ccc(CN4CCC(O)(c5ccc6c(c5)CN(C5CCC(=O)NC5=O)C6=O)CC4)cc3)CC2)nc1. The van der Waals surface area contributed by atoms with Gasteiger partial charge in [-0.3, -0.25) is 24.6 Å². The fourth-order valence-corrected chi connectivity index (χ4v) is 7.80. The van der Waals surface area contributed by atoms with E-state index >= 15 is 8.78 Å². The second-order valence-corrected chi connectivity index (χ2v) is 14.6. The third kappa shape index (κ3) is 6.62. The number of anilines is 1. The summed E-state index contributed by atoms with van der Waals surface area (Å²) in [5.41, 5.74) is 4.09. The fourth-order valence-electron chi connectivity index (χ4n) is 7.80. The number of fused-ring (bicyclic) bond motifs is 1. The monoisotopic (exact) mass is 686 g/mol. The number of hydrogen-bond acceptors (Lipinski definition) is 8. The number of alkyl halides is 2. The normalized spacial score (nSPS) is 21.9. The zero-order valence-corrected chi connectivity index (χ0v) is 28.6. The summed E-state index contributed by atoms with van der Waals surface area (Å²) in [7, 11) is 0. The number of imide groups is 1. The molecule has 1 unspecified atom stereocenters. The zero-order valence-electron chi connectivity index (χ0n) is 28.6. The Morgan fingerprint density at radius 1 is 0.960 bits per heavy atom. The molecule has 1 aromatic heterocycles. The largest absolute Gasteiger partial charge is 0.385 e. The van der Waals surface area contributed by atoms with Crippen LogP contribution in [0.15, 0.2) is 54.9 Å². The first-order chi connectivity index (χ1) is 23.9. The average Bonchev–Trinajstić information content (AvgIpc) is 3.44. The first kappa shape index (κ1) is 34.2. The number of likely N-dealkylation sites (tertiary alicyclic amines) is 1. The smallest absolute Gasteiger partial charge is 0.309 e. The van der Waals surface area contributed by atoms with Crippen LogP contribution in [-0.4, -0.2) is 74.8 Å². The standard InChI is InChI=1S/C38H44F2N6O4/c1-24(2)27-20-41-36(42-21-27)38(39,40)28-11-15-45(16-12-28)30-6-3-25(4-7-30)22-44-17-13-37(50,14-18-44)29-5-8-31-26(19-29)23-46(35(31)49)32-9-10-33(47)43-34(32)48/h3-8,19-21,24,28,32,50H,9-18,22-23H2,1-2H3,(H,43,47,48). The Balaban J connectivity index is 0.905. The molecule has 0 bridgehead atoms. The molecule has 5 heterocycles. The molecule has 10 nitrogen and oxygen atoms in total. The van der Waals surface area contributed by atoms with Crippen LogP contribution in [0, 0.1) is 5.92 Å². The zero-order chi connectivity index (χ0) is 35.2. The molecule has 0 radical (unpaired) electrons. The molecule has 3 saturated heterocycles. The topological polar surface area (TPSA) is 119 Å². The van der Waals surface area contributed by atoms with Crippen molar-refractivity contribution < 1.29 is 28.3 Å². The van der Waals surface area contributed by atoms with E-state index in [9.17, 15) is 19.5 Å². The van der Waals surface area contributed by atoms with Gasteiger partial charge >= 0.3 is 5.92 Å². The van der Waals surface area contributed by atoms with E-state index < -0.39 is 29.4 Å². The molecular formula is C38H44F2N6O4. The first-order valence-electron chi connectivity index (χ1n) is 17.7. The van der Waals surface area contributed by atoms with Crippen LogP contribution >= 0.6 is 0 Å². The van der Waals surface area contributed by atoms with Gasteiger partial charge in [0, 0.05) is 75.3 Å². The van der Waals surface area contributed by atoms with Gasteiger partial charge in [0.15, 0.2) is 5.82 Å². The molecule has 1 atom stereocenters. The molecule has 3 amide bonds. The number of aliphatic hydroxyl groups is 1. The lowest BCUT2D eigenvalue weighted by atomic mass is 9.83. The summed E-state index contributed by atoms with van der Waals surface area (Å²) in [5, 5.41) is 14.0. The Bertz CT molecular complexity index is 1750. The summed E-state index contributed by atoms with van der Waals surface area (Å²) in [6.07, 6.45) is 5.35. The molecule has 4 aliphatic rings. The lowest BCUT2D eigenvalue weighted by molar-refractivity contribution is -0.136. The Kier molecular flexibility index (Phi) is 9.19. The van der Waals surface area contributed by atoms with E-state index in [1.165, 1.54) is 17.3 Å². The van der Waals surface area contributed by atoms with Crippen LogP contribution in [0.25, 0.3) is 0 Å². The molecular weight excluding hydrogens is 642 g/mol. The number of carbonyl (C=O) groups is 3. The molecule has 3 aromatic rings. The van der Waals surface area contributed by atoms with Crippen molar-refractivity contribution in [1.29, 1.82) is 0 Å². The number of nitrogens with one attached hydrogen (secondary N) is 1. The first-order valence-corrected chi connectivity index (χ1v) is 17.7. The van der Waals surface area contributed by atoms with Crippen LogP contribution in [0.2, 0.25) is 0 Å². The van der Waals surface area contributed by atoms with Gasteiger partial charge in [0.25, 0.3) is 5.91 Å². The average molecular weight is 687 g/mol. The lowest BCUT2D eigenvalue weighted by Gasteiger charge is -2.39. The molecule has 2 aromatic carbocycles. The van der Waals surface area contributed by atoms with Gasteiger partial charge in [0.2, 0.25) is 11.8 Å². The molecule has 12 heteroatoms. The number of nitrogens with zero attached hydrogens (tertiary/aromatic N) is 5. The Morgan fingerprint density at radius 2 is 1.64 bits per heavy atom. The molecule has 264 valence electrons. The number of hydrogen-bond donors (Lipinski definition) is 2. The van der Waals surface area contributed by atoms with Gasteiger partial charge in [-0.1, -0.05) is 38.1 Å². The highest BCUT2D eigenvalue weighted by Gasteiger charge is 2.45. The molecule has 7 rings (SSSR count). The number of amides is 3. The Hall–Kier alpha value is -4.29. The minimum atomic E-state index is -3.06. The van der Waals surface area contributed by atoms with Crippen molar-refractivity contribution >= 4 is 23.4 Å². The van der Waals surface area contributed by atoms with E-state index in [-0.39, 0.29) is 36.5 Å². The number of piperidine rings is 3. The molecule has 4 aliphatic heterocycles. The number of aromatic nitrogens is 2. The highest BCUT2D eigenvalue weighted by Crippen LogP contribution is 2.41. The predicted octanol–water partition coefficient (Wildman–Crippen LogP) is 4.85. The third-order valence-electron chi connectivity index (χ3n) is 11.1. The van der Waals surface area contributed by atoms with Gasteiger partial charge in [-0.05, 0) is 78.5 Å². The predicted molar refractivity (Wildman–Crippen MR) is 182 cm³/mol. The van der Waals surface area contributed by atoms with Crippen molar-refractivity contribution in [3.63, 3.8) is 0 Å². The number of halogens is 2. The molecule has 3 fully saturated rings. The van der Waals surface area contributed by atoms with E-state index in [2.05, 4.69) is 49.4 Å². The van der Waals surface area contributed by atoms with Gasteiger partial charge < -0.3 is 14.9 Å². The minimum Gasteiger partial charge on any atom is -0.385 e. The summed E-state index contributed by atoms with van der Waals surface area (Å²) >= 11 is 0. The van der Waals surface area contributed by atoms with Crippen LogP contribution in [0.3, 0.4) is 0 Å². The molecule has 0 spiro atoms. The summed E-state index contributed by atoms with van der Waals surface area (Å²) in [5.74, 6) is -5.04. The maximum atomic E-state index is 15.3. The van der Waals surface area contributed by atoms with Gasteiger partial charge in [0.05, 0.1) is 5.60 Å². The summed E-state index contributed by atoms with van der Waals surface area (Å²) in [4.78, 5) is 51.1. The number of carbonyl (C=O) groups excluding carboxylic acids is 3. The van der Waals surface area contributed by atoms with Crippen molar-refractivity contribution in [2.75, 3.05) is 31.1 Å². The fraction of sp³-hybridized carbons (Fsp3) is 0.500. The van der Waals surface area contributed by atoms with E-state index in [1.54, 1.807) is 6.07 Å². The van der Waals surface area contributed by atoms with Gasteiger partial charge in [0.1, 0.15) is 6.04 Å². The molecule has 0 saturated carbocycles. The Morgan fingerprint density at radius 3 is 2.28 bits per heavy atom. The molecule has 0 aliphatic carbocycles. The maximum absolute atomic E-state index is 15.3. The van der Waals surface area contributed by atoms with Crippen LogP contribution in [-0.2, 0) is 34.2 Å². The second-order valence-electron chi connectivity index (χ2n) is 14.6. The lowest BCUT2D eigenvalue weighted by Crippen LogP contribution is -2.52. The van der Waals surface area contributed by atoms with Crippen LogP contribution in [0.1, 0.15) is 96.7 Å². The van der Waals surface area contributed by atoms with Gasteiger partial charge in [-0.2, -0.15) is 8.78 Å². The Labute approximate surface area is 290 Å². The molecule has 50 heavy (non-hydrogen) atoms. The second kappa shape index (κ2) is 13.4. The highest BCUT2D eigenvalue weighted by atomic mass is 19.3. The maximum Gasteiger partial charge on any atom is 0.309 e. The third-order valence-corrected chi connectivity index (χ3v) is 11.1. The quantitative estimate of drug-likeness (QED) is 0.323.